The molecule has 1 unspecified atom stereocenters. The molecule has 1 aliphatic rings. The van der Waals surface area contributed by atoms with Gasteiger partial charge in [0.1, 0.15) is 11.9 Å². The van der Waals surface area contributed by atoms with E-state index in [4.69, 9.17) is 4.74 Å². The zero-order valence-electron chi connectivity index (χ0n) is 15.3. The lowest BCUT2D eigenvalue weighted by molar-refractivity contribution is -0.124. The van der Waals surface area contributed by atoms with Gasteiger partial charge in [0, 0.05) is 30.9 Å². The molecule has 1 fully saturated rings. The monoisotopic (exact) mass is 370 g/mol. The average Bonchev–Trinajstić information content (AvgIpc) is 3.21. The van der Waals surface area contributed by atoms with Crippen molar-refractivity contribution < 1.29 is 18.7 Å². The van der Waals surface area contributed by atoms with E-state index in [0.717, 1.165) is 12.0 Å². The molecule has 27 heavy (non-hydrogen) atoms. The first-order valence-corrected chi connectivity index (χ1v) is 9.13. The summed E-state index contributed by atoms with van der Waals surface area (Å²) in [5.74, 6) is -0.686. The van der Waals surface area contributed by atoms with Crippen LogP contribution in [0.2, 0.25) is 0 Å². The molecular formula is C21H23FN2O3. The molecule has 1 N–H and O–H groups in total. The van der Waals surface area contributed by atoms with Gasteiger partial charge in [-0.25, -0.2) is 4.39 Å². The zero-order valence-corrected chi connectivity index (χ0v) is 15.3. The maximum Gasteiger partial charge on any atom is 0.254 e. The van der Waals surface area contributed by atoms with Crippen LogP contribution in [-0.4, -0.2) is 36.0 Å². The Labute approximate surface area is 158 Å². The fourth-order valence-electron chi connectivity index (χ4n) is 3.10. The molecule has 2 aromatic rings. The Morgan fingerprint density at radius 1 is 1.22 bits per heavy atom. The van der Waals surface area contributed by atoms with Crippen LogP contribution < -0.4 is 5.32 Å². The van der Waals surface area contributed by atoms with Crippen LogP contribution in [0.5, 0.6) is 0 Å². The summed E-state index contributed by atoms with van der Waals surface area (Å²) in [6.45, 7) is 3.28. The number of carbonyl (C=O) groups is 2. The summed E-state index contributed by atoms with van der Waals surface area (Å²) in [4.78, 5) is 26.7. The molecule has 2 amide bonds. The minimum absolute atomic E-state index is 0.171. The van der Waals surface area contributed by atoms with Crippen molar-refractivity contribution in [3.05, 3.63) is 65.5 Å². The molecule has 6 heteroatoms. The highest BCUT2D eigenvalue weighted by atomic mass is 19.1. The number of carbonyl (C=O) groups excluding carboxylic acids is 2. The molecule has 0 bridgehead atoms. The third kappa shape index (κ3) is 4.92. The Bertz CT molecular complexity index is 819. The van der Waals surface area contributed by atoms with Crippen LogP contribution in [0.1, 0.15) is 35.7 Å². The number of anilines is 1. The van der Waals surface area contributed by atoms with Gasteiger partial charge in [0.15, 0.2) is 0 Å². The Morgan fingerprint density at radius 2 is 2.04 bits per heavy atom. The Hall–Kier alpha value is -2.73. The molecule has 1 atom stereocenters. The van der Waals surface area contributed by atoms with Crippen LogP contribution in [0.15, 0.2) is 48.5 Å². The number of halogens is 1. The number of hydrogen-bond donors (Lipinski definition) is 1. The van der Waals surface area contributed by atoms with Gasteiger partial charge in [-0.1, -0.05) is 18.2 Å². The topological polar surface area (TPSA) is 58.6 Å². The van der Waals surface area contributed by atoms with Crippen LogP contribution in [0.4, 0.5) is 10.1 Å². The first-order valence-electron chi connectivity index (χ1n) is 9.13. The molecule has 0 radical (unpaired) electrons. The van der Waals surface area contributed by atoms with Gasteiger partial charge in [0.2, 0.25) is 0 Å². The number of amides is 2. The van der Waals surface area contributed by atoms with E-state index in [1.165, 1.54) is 12.1 Å². The Balaban J connectivity index is 1.70. The van der Waals surface area contributed by atoms with E-state index in [0.29, 0.717) is 37.4 Å². The first kappa shape index (κ1) is 19.0. The van der Waals surface area contributed by atoms with Gasteiger partial charge >= 0.3 is 0 Å². The molecule has 1 saturated heterocycles. The molecule has 0 spiro atoms. The highest BCUT2D eigenvalue weighted by Crippen LogP contribution is 2.18. The van der Waals surface area contributed by atoms with E-state index in [2.05, 4.69) is 5.32 Å². The number of benzene rings is 2. The van der Waals surface area contributed by atoms with E-state index in [9.17, 15) is 14.0 Å². The van der Waals surface area contributed by atoms with Crippen molar-refractivity contribution in [1.82, 2.24) is 4.90 Å². The molecule has 0 aliphatic carbocycles. The summed E-state index contributed by atoms with van der Waals surface area (Å²) in [5, 5.41) is 2.81. The SMILES string of the molecule is CCN(Cc1cccc(F)c1)C(=O)c1cccc(NC(=O)C2CCCO2)c1. The van der Waals surface area contributed by atoms with Crippen LogP contribution in [0.3, 0.4) is 0 Å². The fourth-order valence-corrected chi connectivity index (χ4v) is 3.10. The van der Waals surface area contributed by atoms with E-state index >= 15 is 0 Å². The highest BCUT2D eigenvalue weighted by molar-refractivity contribution is 5.98. The lowest BCUT2D eigenvalue weighted by Gasteiger charge is -2.21. The second-order valence-electron chi connectivity index (χ2n) is 6.52. The normalized spacial score (nSPS) is 16.1. The van der Waals surface area contributed by atoms with Crippen molar-refractivity contribution in [3.8, 4) is 0 Å². The molecule has 1 aliphatic heterocycles. The minimum atomic E-state index is -0.426. The number of nitrogens with zero attached hydrogens (tertiary/aromatic N) is 1. The predicted molar refractivity (Wildman–Crippen MR) is 101 cm³/mol. The van der Waals surface area contributed by atoms with E-state index in [1.807, 2.05) is 6.92 Å². The molecule has 1 heterocycles. The Morgan fingerprint density at radius 3 is 2.74 bits per heavy atom. The zero-order chi connectivity index (χ0) is 19.2. The van der Waals surface area contributed by atoms with Crippen LogP contribution >= 0.6 is 0 Å². The smallest absolute Gasteiger partial charge is 0.254 e. The fraction of sp³-hybridized carbons (Fsp3) is 0.333. The predicted octanol–water partition coefficient (Wildman–Crippen LogP) is 3.61. The van der Waals surface area contributed by atoms with Crippen LogP contribution in [0, 0.1) is 5.82 Å². The minimum Gasteiger partial charge on any atom is -0.368 e. The van der Waals surface area contributed by atoms with Crippen molar-refractivity contribution in [2.75, 3.05) is 18.5 Å². The van der Waals surface area contributed by atoms with Gasteiger partial charge in [0.25, 0.3) is 11.8 Å². The van der Waals surface area contributed by atoms with Gasteiger partial charge in [0.05, 0.1) is 0 Å². The first-order chi connectivity index (χ1) is 13.1. The second-order valence-corrected chi connectivity index (χ2v) is 6.52. The number of hydrogen-bond acceptors (Lipinski definition) is 3. The number of ether oxygens (including phenoxy) is 1. The molecule has 0 aromatic heterocycles. The van der Waals surface area contributed by atoms with Crippen LogP contribution in [0.25, 0.3) is 0 Å². The highest BCUT2D eigenvalue weighted by Gasteiger charge is 2.24. The van der Waals surface area contributed by atoms with Crippen molar-refractivity contribution in [1.29, 1.82) is 0 Å². The Kier molecular flexibility index (Phi) is 6.19. The average molecular weight is 370 g/mol. The summed E-state index contributed by atoms with van der Waals surface area (Å²) >= 11 is 0. The lowest BCUT2D eigenvalue weighted by Crippen LogP contribution is -2.30. The van der Waals surface area contributed by atoms with E-state index in [1.54, 1.807) is 41.3 Å². The standard InChI is InChI=1S/C21H23FN2O3/c1-2-24(14-15-6-3-8-17(22)12-15)21(26)16-7-4-9-18(13-16)23-20(25)19-10-5-11-27-19/h3-4,6-9,12-13,19H,2,5,10-11,14H2,1H3,(H,23,25). The molecule has 0 saturated carbocycles. The van der Waals surface area contributed by atoms with Gasteiger partial charge in [-0.05, 0) is 55.7 Å². The number of rotatable bonds is 6. The maximum absolute atomic E-state index is 13.4. The van der Waals surface area contributed by atoms with Gasteiger partial charge in [-0.2, -0.15) is 0 Å². The molecule has 3 rings (SSSR count). The third-order valence-corrected chi connectivity index (χ3v) is 4.53. The number of nitrogens with one attached hydrogen (secondary N) is 1. The van der Waals surface area contributed by atoms with Crippen molar-refractivity contribution >= 4 is 17.5 Å². The van der Waals surface area contributed by atoms with Crippen molar-refractivity contribution in [2.45, 2.75) is 32.4 Å². The summed E-state index contributed by atoms with van der Waals surface area (Å²) in [5.41, 5.74) is 1.76. The third-order valence-electron chi connectivity index (χ3n) is 4.53. The maximum atomic E-state index is 13.4. The van der Waals surface area contributed by atoms with Crippen LogP contribution in [-0.2, 0) is 16.1 Å². The quantitative estimate of drug-likeness (QED) is 0.845. The van der Waals surface area contributed by atoms with E-state index in [-0.39, 0.29) is 17.6 Å². The second kappa shape index (κ2) is 8.77. The van der Waals surface area contributed by atoms with Gasteiger partial charge in [-0.3, -0.25) is 9.59 Å². The van der Waals surface area contributed by atoms with Crippen molar-refractivity contribution in [2.24, 2.45) is 0 Å². The summed E-state index contributed by atoms with van der Waals surface area (Å²) < 4.78 is 18.8. The van der Waals surface area contributed by atoms with E-state index < -0.39 is 6.10 Å². The molecular weight excluding hydrogens is 347 g/mol. The molecule has 5 nitrogen and oxygen atoms in total. The molecule has 142 valence electrons. The summed E-state index contributed by atoms with van der Waals surface area (Å²) in [6, 6.07) is 13.1. The summed E-state index contributed by atoms with van der Waals surface area (Å²) in [7, 11) is 0. The summed E-state index contributed by atoms with van der Waals surface area (Å²) in [6.07, 6.45) is 1.16. The molecule has 2 aromatic carbocycles. The van der Waals surface area contributed by atoms with Gasteiger partial charge in [-0.15, -0.1) is 0 Å². The lowest BCUT2D eigenvalue weighted by atomic mass is 10.1. The van der Waals surface area contributed by atoms with Gasteiger partial charge < -0.3 is 15.0 Å². The van der Waals surface area contributed by atoms with Crippen molar-refractivity contribution in [3.63, 3.8) is 0 Å². The largest absolute Gasteiger partial charge is 0.368 e.